The number of aryl methyl sites for hydroxylation is 1. The molecule has 19 heavy (non-hydrogen) atoms. The summed E-state index contributed by atoms with van der Waals surface area (Å²) in [5, 5.41) is 0. The number of hydrogen-bond donors (Lipinski definition) is 0. The molecular weight excluding hydrogens is 242 g/mol. The predicted octanol–water partition coefficient (Wildman–Crippen LogP) is 1.15. The molecule has 0 bridgehead atoms. The Labute approximate surface area is 111 Å². The van der Waals surface area contributed by atoms with Gasteiger partial charge in [-0.2, -0.15) is 0 Å². The summed E-state index contributed by atoms with van der Waals surface area (Å²) in [5.74, 6) is 0.791. The van der Waals surface area contributed by atoms with Crippen LogP contribution in [-0.4, -0.2) is 35.7 Å². The van der Waals surface area contributed by atoms with E-state index < -0.39 is 0 Å². The number of ether oxygens (including phenoxy) is 1. The molecule has 1 fully saturated rings. The highest BCUT2D eigenvalue weighted by Crippen LogP contribution is 2.17. The maximum absolute atomic E-state index is 12.5. The van der Waals surface area contributed by atoms with Crippen molar-refractivity contribution >= 4 is 11.5 Å². The number of morpholine rings is 1. The summed E-state index contributed by atoms with van der Waals surface area (Å²) in [7, 11) is 0. The zero-order valence-corrected chi connectivity index (χ0v) is 11.2. The number of fused-ring (bicyclic) bond motifs is 1. The Morgan fingerprint density at radius 2 is 1.95 bits per heavy atom. The zero-order valence-electron chi connectivity index (χ0n) is 11.2. The summed E-state index contributed by atoms with van der Waals surface area (Å²) >= 11 is 0. The summed E-state index contributed by atoms with van der Waals surface area (Å²) in [6, 6.07) is 5.72. The van der Waals surface area contributed by atoms with Crippen LogP contribution in [-0.2, 0) is 4.74 Å². The zero-order chi connectivity index (χ0) is 13.4. The lowest BCUT2D eigenvalue weighted by Gasteiger charge is -2.29. The van der Waals surface area contributed by atoms with Crippen molar-refractivity contribution in [3.8, 4) is 0 Å². The largest absolute Gasteiger partial charge is 0.378 e. The molecule has 0 atom stereocenters. The van der Waals surface area contributed by atoms with Crippen LogP contribution in [0.15, 0.2) is 23.0 Å². The van der Waals surface area contributed by atoms with Gasteiger partial charge in [-0.1, -0.05) is 6.07 Å². The van der Waals surface area contributed by atoms with E-state index in [0.717, 1.165) is 24.6 Å². The maximum atomic E-state index is 12.5. The Morgan fingerprint density at radius 1 is 1.21 bits per heavy atom. The van der Waals surface area contributed by atoms with Crippen molar-refractivity contribution in [2.45, 2.75) is 13.8 Å². The summed E-state index contributed by atoms with van der Waals surface area (Å²) in [5.41, 5.74) is 2.34. The molecule has 0 saturated carbocycles. The van der Waals surface area contributed by atoms with E-state index in [4.69, 9.17) is 4.74 Å². The quantitative estimate of drug-likeness (QED) is 0.770. The van der Waals surface area contributed by atoms with Crippen LogP contribution in [0.3, 0.4) is 0 Å². The van der Waals surface area contributed by atoms with E-state index in [2.05, 4.69) is 9.88 Å². The number of nitrogens with zero attached hydrogens (tertiary/aromatic N) is 3. The molecule has 1 aliphatic rings. The van der Waals surface area contributed by atoms with Crippen molar-refractivity contribution in [3.05, 3.63) is 39.8 Å². The van der Waals surface area contributed by atoms with Crippen LogP contribution >= 0.6 is 0 Å². The Morgan fingerprint density at radius 3 is 2.68 bits per heavy atom. The standard InChI is InChI=1S/C14H17N3O2/c1-10-4-3-5-12-15-13(11(2)14(18)17(10)12)16-6-8-19-9-7-16/h3-5H,6-9H2,1-2H3. The Hall–Kier alpha value is -1.88. The fraction of sp³-hybridized carbons (Fsp3) is 0.429. The molecule has 2 aromatic rings. The molecular formula is C14H17N3O2. The molecule has 0 aliphatic carbocycles. The van der Waals surface area contributed by atoms with E-state index >= 15 is 0 Å². The number of hydrogen-bond acceptors (Lipinski definition) is 4. The van der Waals surface area contributed by atoms with Gasteiger partial charge in [0.25, 0.3) is 5.56 Å². The lowest BCUT2D eigenvalue weighted by molar-refractivity contribution is 0.122. The molecule has 3 heterocycles. The van der Waals surface area contributed by atoms with Crippen LogP contribution < -0.4 is 10.5 Å². The monoisotopic (exact) mass is 259 g/mol. The van der Waals surface area contributed by atoms with Crippen LogP contribution in [0.25, 0.3) is 5.65 Å². The van der Waals surface area contributed by atoms with Gasteiger partial charge in [-0.15, -0.1) is 0 Å². The van der Waals surface area contributed by atoms with Gasteiger partial charge in [0.2, 0.25) is 0 Å². The van der Waals surface area contributed by atoms with E-state index in [1.165, 1.54) is 0 Å². The van der Waals surface area contributed by atoms with E-state index in [1.54, 1.807) is 4.40 Å². The van der Waals surface area contributed by atoms with Gasteiger partial charge >= 0.3 is 0 Å². The van der Waals surface area contributed by atoms with Crippen molar-refractivity contribution < 1.29 is 4.74 Å². The highest BCUT2D eigenvalue weighted by Gasteiger charge is 2.18. The maximum Gasteiger partial charge on any atom is 0.263 e. The van der Waals surface area contributed by atoms with Crippen LogP contribution in [0.1, 0.15) is 11.3 Å². The minimum Gasteiger partial charge on any atom is -0.378 e. The molecule has 0 radical (unpaired) electrons. The fourth-order valence-corrected chi connectivity index (χ4v) is 2.49. The molecule has 5 heteroatoms. The first kappa shape index (κ1) is 12.2. The van der Waals surface area contributed by atoms with E-state index in [-0.39, 0.29) is 5.56 Å². The average molecular weight is 259 g/mol. The van der Waals surface area contributed by atoms with Gasteiger partial charge < -0.3 is 9.64 Å². The Bertz CT molecular complexity index is 672. The highest BCUT2D eigenvalue weighted by molar-refractivity contribution is 5.53. The summed E-state index contributed by atoms with van der Waals surface area (Å²) < 4.78 is 7.01. The van der Waals surface area contributed by atoms with Crippen LogP contribution in [0.2, 0.25) is 0 Å². The third-order valence-electron chi connectivity index (χ3n) is 3.55. The van der Waals surface area contributed by atoms with Crippen molar-refractivity contribution in [1.29, 1.82) is 0 Å². The first-order valence-electron chi connectivity index (χ1n) is 6.50. The first-order valence-corrected chi connectivity index (χ1v) is 6.50. The lowest BCUT2D eigenvalue weighted by Crippen LogP contribution is -2.38. The van der Waals surface area contributed by atoms with Gasteiger partial charge in [0.1, 0.15) is 11.5 Å². The predicted molar refractivity (Wildman–Crippen MR) is 74.0 cm³/mol. The number of pyridine rings is 1. The SMILES string of the molecule is Cc1c(N2CCOCC2)nc2cccc(C)n2c1=O. The first-order chi connectivity index (χ1) is 9.18. The number of anilines is 1. The molecule has 0 amide bonds. The average Bonchev–Trinajstić information content (AvgIpc) is 2.43. The second kappa shape index (κ2) is 4.66. The molecule has 100 valence electrons. The minimum absolute atomic E-state index is 0.0181. The number of rotatable bonds is 1. The van der Waals surface area contributed by atoms with Crippen LogP contribution in [0, 0.1) is 13.8 Å². The lowest BCUT2D eigenvalue weighted by atomic mass is 10.2. The molecule has 1 saturated heterocycles. The molecule has 0 unspecified atom stereocenters. The summed E-state index contributed by atoms with van der Waals surface area (Å²) in [4.78, 5) is 19.3. The molecule has 2 aromatic heterocycles. The van der Waals surface area contributed by atoms with Crippen molar-refractivity contribution in [2.75, 3.05) is 31.2 Å². The third kappa shape index (κ3) is 2.00. The van der Waals surface area contributed by atoms with E-state index in [0.29, 0.717) is 24.4 Å². The smallest absolute Gasteiger partial charge is 0.263 e. The third-order valence-corrected chi connectivity index (χ3v) is 3.55. The van der Waals surface area contributed by atoms with Crippen LogP contribution in [0.4, 0.5) is 5.82 Å². The highest BCUT2D eigenvalue weighted by atomic mass is 16.5. The van der Waals surface area contributed by atoms with Gasteiger partial charge in [-0.05, 0) is 26.0 Å². The second-order valence-corrected chi connectivity index (χ2v) is 4.83. The Kier molecular flexibility index (Phi) is 2.98. The fourth-order valence-electron chi connectivity index (χ4n) is 2.49. The van der Waals surface area contributed by atoms with Gasteiger partial charge in [0, 0.05) is 18.8 Å². The van der Waals surface area contributed by atoms with E-state index in [9.17, 15) is 4.79 Å². The topological polar surface area (TPSA) is 46.8 Å². The van der Waals surface area contributed by atoms with Crippen LogP contribution in [0.5, 0.6) is 0 Å². The molecule has 0 N–H and O–H groups in total. The summed E-state index contributed by atoms with van der Waals surface area (Å²) in [6.45, 7) is 6.72. The van der Waals surface area contributed by atoms with Gasteiger partial charge in [0.05, 0.1) is 18.8 Å². The molecule has 0 aromatic carbocycles. The van der Waals surface area contributed by atoms with Gasteiger partial charge in [-0.25, -0.2) is 4.98 Å². The van der Waals surface area contributed by atoms with Crippen molar-refractivity contribution in [2.24, 2.45) is 0 Å². The Balaban J connectivity index is 2.21. The molecule has 1 aliphatic heterocycles. The normalized spacial score (nSPS) is 16.0. The molecule has 5 nitrogen and oxygen atoms in total. The van der Waals surface area contributed by atoms with Gasteiger partial charge in [-0.3, -0.25) is 9.20 Å². The van der Waals surface area contributed by atoms with Crippen molar-refractivity contribution in [3.63, 3.8) is 0 Å². The van der Waals surface area contributed by atoms with Crippen molar-refractivity contribution in [1.82, 2.24) is 9.38 Å². The number of aromatic nitrogens is 2. The minimum atomic E-state index is 0.0181. The molecule has 0 spiro atoms. The van der Waals surface area contributed by atoms with E-state index in [1.807, 2.05) is 32.0 Å². The second-order valence-electron chi connectivity index (χ2n) is 4.83. The van der Waals surface area contributed by atoms with Gasteiger partial charge in [0.15, 0.2) is 0 Å². The molecule has 3 rings (SSSR count). The summed E-state index contributed by atoms with van der Waals surface area (Å²) in [6.07, 6.45) is 0.